The number of rotatable bonds is 12. The van der Waals surface area contributed by atoms with Crippen LogP contribution in [0.1, 0.15) is 0 Å². The van der Waals surface area contributed by atoms with Crippen molar-refractivity contribution in [1.82, 2.24) is 0 Å². The first-order valence-corrected chi connectivity index (χ1v) is 17.1. The number of phosphoric ester groups is 3. The maximum Gasteiger partial charge on any atom is 0.481 e. The van der Waals surface area contributed by atoms with Gasteiger partial charge in [0.15, 0.2) is 0 Å². The third kappa shape index (κ3) is 11.8. The molecule has 36 heavy (non-hydrogen) atoms. The lowest BCUT2D eigenvalue weighted by Crippen LogP contribution is -2.65. The third-order valence-electron chi connectivity index (χ3n) is 3.41. The van der Waals surface area contributed by atoms with E-state index in [2.05, 4.69) is 26.5 Å². The molecule has 0 amide bonds. The van der Waals surface area contributed by atoms with E-state index < -0.39 is 83.6 Å². The molecule has 0 aliphatic heterocycles. The SMILES string of the molecule is O=P(O)(O)OP(=O)(O)OC1[C@@H](OP(=O)(O)OP(=O)(O)O)[C@H](O)C(O)[C@H](O)[C@H]1OP(=O)(O)OP(=O)(O)O. The second-order valence-electron chi connectivity index (χ2n) is 6.30. The Balaban J connectivity index is 3.59. The van der Waals surface area contributed by atoms with Gasteiger partial charge in [-0.15, -0.1) is 0 Å². The predicted molar refractivity (Wildman–Crippen MR) is 102 cm³/mol. The van der Waals surface area contributed by atoms with Gasteiger partial charge in [0.25, 0.3) is 0 Å². The van der Waals surface area contributed by atoms with Crippen LogP contribution in [0.5, 0.6) is 0 Å². The summed E-state index contributed by atoms with van der Waals surface area (Å²) in [6, 6.07) is 0. The lowest BCUT2D eigenvalue weighted by atomic mass is 9.85. The Kier molecular flexibility index (Phi) is 11.2. The zero-order valence-electron chi connectivity index (χ0n) is 16.4. The fourth-order valence-electron chi connectivity index (χ4n) is 2.45. The van der Waals surface area contributed by atoms with Crippen LogP contribution >= 0.6 is 46.9 Å². The monoisotopic (exact) mass is 660 g/mol. The van der Waals surface area contributed by atoms with E-state index in [1.165, 1.54) is 0 Å². The van der Waals surface area contributed by atoms with Gasteiger partial charge in [-0.3, -0.25) is 13.6 Å². The first-order valence-electron chi connectivity index (χ1n) is 8.02. The number of aliphatic hydroxyl groups is 3. The molecule has 12 N–H and O–H groups in total. The second-order valence-corrected chi connectivity index (χ2v) is 14.7. The Hall–Kier alpha value is 0.660. The van der Waals surface area contributed by atoms with Crippen molar-refractivity contribution < 1.29 is 113 Å². The molecule has 30 heteroatoms. The largest absolute Gasteiger partial charge is 0.481 e. The normalized spacial score (nSPS) is 33.3. The molecule has 0 bridgehead atoms. The molecule has 1 fully saturated rings. The molecule has 9 atom stereocenters. The molecule has 216 valence electrons. The summed E-state index contributed by atoms with van der Waals surface area (Å²) < 4.78 is 91.0. The zero-order valence-corrected chi connectivity index (χ0v) is 21.8. The first kappa shape index (κ1) is 34.7. The Labute approximate surface area is 197 Å². The smallest absolute Gasteiger partial charge is 0.387 e. The summed E-state index contributed by atoms with van der Waals surface area (Å²) in [5.74, 6) is 0. The van der Waals surface area contributed by atoms with Crippen LogP contribution in [0.25, 0.3) is 0 Å². The average Bonchev–Trinajstić information content (AvgIpc) is 2.53. The predicted octanol–water partition coefficient (Wildman–Crippen LogP) is -3.13. The minimum atomic E-state index is -6.20. The van der Waals surface area contributed by atoms with E-state index in [1.807, 2.05) is 0 Å². The highest BCUT2D eigenvalue weighted by atomic mass is 31.3. The molecule has 0 radical (unpaired) electrons. The van der Waals surface area contributed by atoms with E-state index in [1.54, 1.807) is 0 Å². The van der Waals surface area contributed by atoms with Crippen LogP contribution in [-0.4, -0.2) is 96.0 Å². The van der Waals surface area contributed by atoms with Gasteiger partial charge in [-0.1, -0.05) is 0 Å². The molecular formula is C6H18O24P6. The van der Waals surface area contributed by atoms with Crippen molar-refractivity contribution >= 4 is 46.9 Å². The minimum Gasteiger partial charge on any atom is -0.387 e. The Morgan fingerprint density at radius 1 is 0.389 bits per heavy atom. The quantitative estimate of drug-likeness (QED) is 0.0920. The maximum absolute atomic E-state index is 12.0. The van der Waals surface area contributed by atoms with Crippen LogP contribution in [0, 0.1) is 0 Å². The van der Waals surface area contributed by atoms with Crippen molar-refractivity contribution in [3.63, 3.8) is 0 Å². The molecule has 0 spiro atoms. The summed E-state index contributed by atoms with van der Waals surface area (Å²) in [4.78, 5) is 80.5. The summed E-state index contributed by atoms with van der Waals surface area (Å²) in [6.07, 6.45) is -17.5. The highest BCUT2D eigenvalue weighted by Gasteiger charge is 2.58. The number of hydrogen-bond donors (Lipinski definition) is 12. The standard InChI is InChI=1S/C6H18O24P6/c7-1-2(8)4(25-34(19,20)28-31(10,11)12)6(27-36(23,24)30-33(16,17)18)5(3(1)9)26-35(21,22)29-32(13,14)15/h1-9H,(H,19,20)(H,21,22)(H,23,24)(H2,10,11,12)(H2,13,14,15)(H2,16,17,18)/t1?,2-,3+,4+,5-,6?. The van der Waals surface area contributed by atoms with Gasteiger partial charge in [0.05, 0.1) is 0 Å². The van der Waals surface area contributed by atoms with Crippen LogP contribution in [0.4, 0.5) is 0 Å². The molecule has 0 aromatic heterocycles. The van der Waals surface area contributed by atoms with E-state index in [0.29, 0.717) is 0 Å². The van der Waals surface area contributed by atoms with Gasteiger partial charge in [0.1, 0.15) is 36.6 Å². The second kappa shape index (κ2) is 11.6. The van der Waals surface area contributed by atoms with E-state index >= 15 is 0 Å². The molecule has 1 aliphatic rings. The fourth-order valence-corrected chi connectivity index (χ4v) is 7.79. The molecule has 0 aromatic rings. The number of hydrogen-bond acceptors (Lipinski definition) is 15. The van der Waals surface area contributed by atoms with Crippen molar-refractivity contribution in [3.05, 3.63) is 0 Å². The van der Waals surface area contributed by atoms with Crippen LogP contribution in [0.15, 0.2) is 0 Å². The topological polar surface area (TPSA) is 401 Å². The van der Waals surface area contributed by atoms with Gasteiger partial charge in [-0.2, -0.15) is 12.9 Å². The van der Waals surface area contributed by atoms with Crippen molar-refractivity contribution in [3.8, 4) is 0 Å². The van der Waals surface area contributed by atoms with Crippen LogP contribution in [0.3, 0.4) is 0 Å². The number of phosphoric acid groups is 6. The van der Waals surface area contributed by atoms with Crippen LogP contribution in [-0.2, 0) is 53.9 Å². The molecular weight excluding hydrogens is 642 g/mol. The molecule has 0 heterocycles. The summed E-state index contributed by atoms with van der Waals surface area (Å²) in [5, 5.41) is 30.0. The van der Waals surface area contributed by atoms with Gasteiger partial charge < -0.3 is 59.4 Å². The first-order chi connectivity index (χ1) is 15.6. The van der Waals surface area contributed by atoms with Gasteiger partial charge in [0, 0.05) is 0 Å². The molecule has 0 saturated heterocycles. The van der Waals surface area contributed by atoms with E-state index in [9.17, 15) is 57.4 Å². The highest BCUT2D eigenvalue weighted by Crippen LogP contribution is 2.63. The van der Waals surface area contributed by atoms with Gasteiger partial charge in [0.2, 0.25) is 0 Å². The van der Waals surface area contributed by atoms with Crippen molar-refractivity contribution in [2.75, 3.05) is 0 Å². The lowest BCUT2D eigenvalue weighted by Gasteiger charge is -2.45. The summed E-state index contributed by atoms with van der Waals surface area (Å²) in [7, 11) is -36.2. The molecule has 5 unspecified atom stereocenters. The van der Waals surface area contributed by atoms with Crippen LogP contribution in [0.2, 0.25) is 0 Å². The zero-order chi connectivity index (χ0) is 28.7. The van der Waals surface area contributed by atoms with Crippen molar-refractivity contribution in [2.24, 2.45) is 0 Å². The average molecular weight is 660 g/mol. The van der Waals surface area contributed by atoms with Gasteiger partial charge >= 0.3 is 46.9 Å². The van der Waals surface area contributed by atoms with Crippen molar-refractivity contribution in [2.45, 2.75) is 36.6 Å². The van der Waals surface area contributed by atoms with Gasteiger partial charge in [-0.25, -0.2) is 27.4 Å². The Morgan fingerprint density at radius 3 is 0.833 bits per heavy atom. The van der Waals surface area contributed by atoms with E-state index in [-0.39, 0.29) is 0 Å². The fraction of sp³-hybridized carbons (Fsp3) is 1.00. The minimum absolute atomic E-state index is 2.74. The molecule has 1 saturated carbocycles. The maximum atomic E-state index is 12.0. The molecule has 1 aliphatic carbocycles. The third-order valence-corrected chi connectivity index (χ3v) is 9.97. The molecule has 1 rings (SSSR count). The van der Waals surface area contributed by atoms with E-state index in [0.717, 1.165) is 0 Å². The lowest BCUT2D eigenvalue weighted by molar-refractivity contribution is -0.212. The summed E-state index contributed by atoms with van der Waals surface area (Å²) in [6.45, 7) is 0. The van der Waals surface area contributed by atoms with Crippen molar-refractivity contribution in [1.29, 1.82) is 0 Å². The Morgan fingerprint density at radius 2 is 0.611 bits per heavy atom. The van der Waals surface area contributed by atoms with Crippen LogP contribution < -0.4 is 0 Å². The summed E-state index contributed by atoms with van der Waals surface area (Å²) >= 11 is 0. The summed E-state index contributed by atoms with van der Waals surface area (Å²) in [5.41, 5.74) is 0. The number of aliphatic hydroxyl groups excluding tert-OH is 3. The molecule has 24 nitrogen and oxygen atoms in total. The molecule has 0 aromatic carbocycles. The Bertz CT molecular complexity index is 1000. The van der Waals surface area contributed by atoms with Gasteiger partial charge in [-0.05, 0) is 0 Å². The highest BCUT2D eigenvalue weighted by molar-refractivity contribution is 7.61. The van der Waals surface area contributed by atoms with E-state index in [4.69, 9.17) is 29.4 Å².